The van der Waals surface area contributed by atoms with Crippen LogP contribution in [-0.2, 0) is 0 Å². The van der Waals surface area contributed by atoms with Crippen LogP contribution in [0.25, 0.3) is 5.69 Å². The molecule has 1 aliphatic heterocycles. The minimum atomic E-state index is -0.341. The summed E-state index contributed by atoms with van der Waals surface area (Å²) in [4.78, 5) is 14.7. The quantitative estimate of drug-likeness (QED) is 0.553. The van der Waals surface area contributed by atoms with Gasteiger partial charge in [-0.1, -0.05) is 41.9 Å². The average molecular weight is 456 g/mol. The van der Waals surface area contributed by atoms with E-state index in [0.717, 1.165) is 19.3 Å². The van der Waals surface area contributed by atoms with Crippen LogP contribution in [0.2, 0.25) is 5.15 Å². The largest absolute Gasteiger partial charge is 0.342 e. The summed E-state index contributed by atoms with van der Waals surface area (Å²) in [6.45, 7) is 2.37. The van der Waals surface area contributed by atoms with Gasteiger partial charge in [-0.15, -0.1) is 0 Å². The fourth-order valence-electron chi connectivity index (χ4n) is 4.08. The first-order valence-electron chi connectivity index (χ1n) is 10.8. The van der Waals surface area contributed by atoms with Crippen LogP contribution in [0.4, 0.5) is 4.39 Å². The van der Waals surface area contributed by atoms with Gasteiger partial charge in [0.15, 0.2) is 0 Å². The summed E-state index contributed by atoms with van der Waals surface area (Å²) >= 11 is 6.50. The molecule has 32 heavy (non-hydrogen) atoms. The first kappa shape index (κ1) is 22.5. The smallest absolute Gasteiger partial charge is 0.258 e. The Bertz CT molecular complexity index is 1070. The Morgan fingerprint density at radius 3 is 2.62 bits per heavy atom. The fourth-order valence-corrected chi connectivity index (χ4v) is 4.43. The van der Waals surface area contributed by atoms with Crippen molar-refractivity contribution >= 4 is 17.5 Å². The maximum Gasteiger partial charge on any atom is 0.258 e. The zero-order chi connectivity index (χ0) is 22.7. The van der Waals surface area contributed by atoms with Crippen molar-refractivity contribution in [1.82, 2.24) is 25.5 Å². The molecule has 2 unspecified atom stereocenters. The molecule has 2 heterocycles. The predicted octanol–water partition coefficient (Wildman–Crippen LogP) is 4.43. The first-order chi connectivity index (χ1) is 15.4. The molecule has 1 aromatic heterocycles. The van der Waals surface area contributed by atoms with Gasteiger partial charge < -0.3 is 4.90 Å². The molecule has 168 valence electrons. The van der Waals surface area contributed by atoms with Gasteiger partial charge in [0, 0.05) is 25.7 Å². The van der Waals surface area contributed by atoms with Crippen molar-refractivity contribution in [1.29, 1.82) is 0 Å². The summed E-state index contributed by atoms with van der Waals surface area (Å²) in [5.74, 6) is -0.507. The molecule has 2 atom stereocenters. The van der Waals surface area contributed by atoms with Crippen molar-refractivity contribution < 1.29 is 9.18 Å². The van der Waals surface area contributed by atoms with Gasteiger partial charge in [-0.3, -0.25) is 15.6 Å². The summed E-state index contributed by atoms with van der Waals surface area (Å²) in [6, 6.07) is 16.9. The van der Waals surface area contributed by atoms with Crippen molar-refractivity contribution in [2.45, 2.75) is 38.3 Å². The number of nitrogens with zero attached hydrogens (tertiary/aromatic N) is 3. The number of nitrogens with one attached hydrogen (secondary N) is 2. The van der Waals surface area contributed by atoms with Gasteiger partial charge in [0.1, 0.15) is 11.0 Å². The summed E-state index contributed by atoms with van der Waals surface area (Å²) in [5, 5.41) is 4.63. The maximum atomic E-state index is 13.2. The number of hydrogen-bond donors (Lipinski definition) is 2. The Balaban J connectivity index is 1.33. The van der Waals surface area contributed by atoms with E-state index in [1.54, 1.807) is 31.0 Å². The number of aromatic nitrogens is 2. The molecule has 1 saturated heterocycles. The normalized spacial score (nSPS) is 18.1. The molecule has 4 rings (SSSR count). The van der Waals surface area contributed by atoms with E-state index in [0.29, 0.717) is 35.6 Å². The second-order valence-corrected chi connectivity index (χ2v) is 8.55. The molecule has 0 bridgehead atoms. The average Bonchev–Trinajstić information content (AvgIpc) is 3.38. The molecule has 0 aliphatic carbocycles. The second kappa shape index (κ2) is 9.81. The Morgan fingerprint density at radius 1 is 1.19 bits per heavy atom. The van der Waals surface area contributed by atoms with Gasteiger partial charge in [-0.2, -0.15) is 5.10 Å². The number of hydrogen-bond acceptors (Lipinski definition) is 4. The molecule has 0 spiro atoms. The van der Waals surface area contributed by atoms with Gasteiger partial charge in [-0.25, -0.2) is 9.07 Å². The van der Waals surface area contributed by atoms with Gasteiger partial charge in [-0.05, 0) is 56.0 Å². The van der Waals surface area contributed by atoms with Crippen LogP contribution in [-0.4, -0.2) is 40.2 Å². The second-order valence-electron chi connectivity index (χ2n) is 8.19. The number of benzene rings is 2. The third kappa shape index (κ3) is 4.85. The Labute approximate surface area is 192 Å². The van der Waals surface area contributed by atoms with Gasteiger partial charge in [0.25, 0.3) is 5.91 Å². The number of amides is 1. The highest BCUT2D eigenvalue weighted by atomic mass is 35.5. The molecule has 0 saturated carbocycles. The van der Waals surface area contributed by atoms with E-state index in [4.69, 9.17) is 11.6 Å². The predicted molar refractivity (Wildman–Crippen MR) is 123 cm³/mol. The standard InChI is InChI=1S/C24H27ClFN5O/c1-16-22(23(25)31(29-16)20-12-10-18(26)11-13-20)24(32)30(2)14-6-9-19-15-21(28-27-19)17-7-4-3-5-8-17/h3-5,7-8,10-13,19,21,27-28H,6,9,14-15H2,1-2H3. The van der Waals surface area contributed by atoms with E-state index in [-0.39, 0.29) is 16.9 Å². The number of carbonyl (C=O) groups is 1. The van der Waals surface area contributed by atoms with E-state index in [2.05, 4.69) is 40.2 Å². The van der Waals surface area contributed by atoms with E-state index in [9.17, 15) is 9.18 Å². The van der Waals surface area contributed by atoms with Gasteiger partial charge >= 0.3 is 0 Å². The molecular weight excluding hydrogens is 429 g/mol. The zero-order valence-corrected chi connectivity index (χ0v) is 18.9. The Kier molecular flexibility index (Phi) is 6.89. The zero-order valence-electron chi connectivity index (χ0n) is 18.2. The number of aryl methyl sites for hydroxylation is 1. The lowest BCUT2D eigenvalue weighted by molar-refractivity contribution is 0.0791. The van der Waals surface area contributed by atoms with Crippen LogP contribution in [0.1, 0.15) is 46.9 Å². The highest BCUT2D eigenvalue weighted by molar-refractivity contribution is 6.33. The lowest BCUT2D eigenvalue weighted by atomic mass is 10.00. The van der Waals surface area contributed by atoms with Crippen molar-refractivity contribution in [2.75, 3.05) is 13.6 Å². The highest BCUT2D eigenvalue weighted by Gasteiger charge is 2.26. The molecular formula is C24H27ClFN5O. The van der Waals surface area contributed by atoms with Crippen LogP contribution >= 0.6 is 11.6 Å². The summed E-state index contributed by atoms with van der Waals surface area (Å²) < 4.78 is 14.7. The van der Waals surface area contributed by atoms with Crippen LogP contribution in [0.15, 0.2) is 54.6 Å². The van der Waals surface area contributed by atoms with E-state index < -0.39 is 0 Å². The van der Waals surface area contributed by atoms with Crippen molar-refractivity contribution in [3.8, 4) is 5.69 Å². The summed E-state index contributed by atoms with van der Waals surface area (Å²) in [5.41, 5.74) is 9.54. The SMILES string of the molecule is Cc1nn(-c2ccc(F)cc2)c(Cl)c1C(=O)N(C)CCCC1CC(c2ccccc2)NN1. The number of halogens is 2. The minimum absolute atomic E-state index is 0.166. The van der Waals surface area contributed by atoms with Crippen LogP contribution in [0.5, 0.6) is 0 Å². The fraction of sp³-hybridized carbons (Fsp3) is 0.333. The monoisotopic (exact) mass is 455 g/mol. The Morgan fingerprint density at radius 2 is 1.91 bits per heavy atom. The van der Waals surface area contributed by atoms with Crippen LogP contribution in [0.3, 0.4) is 0 Å². The third-order valence-corrected chi connectivity index (χ3v) is 6.21. The third-order valence-electron chi connectivity index (χ3n) is 5.87. The molecule has 8 heteroatoms. The van der Waals surface area contributed by atoms with Crippen molar-refractivity contribution in [3.63, 3.8) is 0 Å². The van der Waals surface area contributed by atoms with E-state index >= 15 is 0 Å². The van der Waals surface area contributed by atoms with Crippen LogP contribution in [0, 0.1) is 12.7 Å². The molecule has 1 amide bonds. The molecule has 1 aliphatic rings. The van der Waals surface area contributed by atoms with E-state index in [1.165, 1.54) is 22.4 Å². The number of hydrazine groups is 1. The maximum absolute atomic E-state index is 13.2. The molecule has 2 N–H and O–H groups in total. The highest BCUT2D eigenvalue weighted by Crippen LogP contribution is 2.26. The molecule has 1 fully saturated rings. The molecule has 2 aromatic carbocycles. The van der Waals surface area contributed by atoms with Gasteiger partial charge in [0.2, 0.25) is 0 Å². The Hall–Kier alpha value is -2.74. The molecule has 3 aromatic rings. The van der Waals surface area contributed by atoms with Crippen molar-refractivity contribution in [3.05, 3.63) is 82.4 Å². The first-order valence-corrected chi connectivity index (χ1v) is 11.1. The molecule has 0 radical (unpaired) electrons. The lowest BCUT2D eigenvalue weighted by Gasteiger charge is -2.18. The minimum Gasteiger partial charge on any atom is -0.342 e. The number of carbonyl (C=O) groups excluding carboxylic acids is 1. The summed E-state index contributed by atoms with van der Waals surface area (Å²) in [6.07, 6.45) is 2.83. The van der Waals surface area contributed by atoms with Crippen molar-refractivity contribution in [2.24, 2.45) is 0 Å². The van der Waals surface area contributed by atoms with Crippen LogP contribution < -0.4 is 10.9 Å². The van der Waals surface area contributed by atoms with E-state index in [1.807, 2.05) is 6.07 Å². The topological polar surface area (TPSA) is 62.2 Å². The number of rotatable bonds is 7. The summed E-state index contributed by atoms with van der Waals surface area (Å²) in [7, 11) is 1.78. The van der Waals surface area contributed by atoms with Gasteiger partial charge in [0.05, 0.1) is 16.9 Å². The molecule has 6 nitrogen and oxygen atoms in total. The lowest BCUT2D eigenvalue weighted by Crippen LogP contribution is -2.32.